The third kappa shape index (κ3) is 13.0. The second-order valence-electron chi connectivity index (χ2n) is 4.88. The highest BCUT2D eigenvalue weighted by Crippen LogP contribution is 2.05. The fraction of sp³-hybridized carbons (Fsp3) is 0.526. The first-order valence-electron chi connectivity index (χ1n) is 7.75. The van der Waals surface area contributed by atoms with Gasteiger partial charge in [-0.3, -0.25) is 4.79 Å². The Bertz CT molecular complexity index is 468. The van der Waals surface area contributed by atoms with Crippen molar-refractivity contribution in [3.05, 3.63) is 24.8 Å². The number of allylic oxidation sites excluding steroid dienone is 1. The molecule has 0 rings (SSSR count). The predicted octanol–water partition coefficient (Wildman–Crippen LogP) is 3.39. The maximum atomic E-state index is 10.8. The maximum Gasteiger partial charge on any atom is 0.304 e. The number of hydrogen-bond donors (Lipinski definition) is 1. The minimum absolute atomic E-state index is 0.422. The standard InChI is InChI=1S/C19H26O3/c1-4-6-7-8-9-10-11-14-18(21)15-12-13-16-19(5-2)22-17(3)20/h5,11,14,18-19,21H,2,4,6-10H2,1,3H3/b14-11-/t18-,19+/m1/s1. The molecule has 0 radical (unpaired) electrons. The van der Waals surface area contributed by atoms with Crippen molar-refractivity contribution in [2.24, 2.45) is 0 Å². The minimum Gasteiger partial charge on any atom is -0.445 e. The van der Waals surface area contributed by atoms with Crippen LogP contribution in [0.1, 0.15) is 52.4 Å². The summed E-state index contributed by atoms with van der Waals surface area (Å²) in [5.41, 5.74) is 0. The van der Waals surface area contributed by atoms with Gasteiger partial charge in [0.25, 0.3) is 0 Å². The molecule has 0 saturated heterocycles. The summed E-state index contributed by atoms with van der Waals surface area (Å²) in [7, 11) is 0. The molecule has 0 saturated carbocycles. The van der Waals surface area contributed by atoms with Crippen LogP contribution in [0.4, 0.5) is 0 Å². The average molecular weight is 302 g/mol. The van der Waals surface area contributed by atoms with Crippen LogP contribution >= 0.6 is 0 Å². The highest BCUT2D eigenvalue weighted by atomic mass is 16.5. The summed E-state index contributed by atoms with van der Waals surface area (Å²) in [6, 6.07) is 0. The van der Waals surface area contributed by atoms with E-state index >= 15 is 0 Å². The lowest BCUT2D eigenvalue weighted by atomic mass is 10.1. The number of ether oxygens (including phenoxy) is 1. The average Bonchev–Trinajstić information content (AvgIpc) is 2.49. The predicted molar refractivity (Wildman–Crippen MR) is 89.8 cm³/mol. The van der Waals surface area contributed by atoms with E-state index in [4.69, 9.17) is 4.74 Å². The molecule has 2 atom stereocenters. The lowest BCUT2D eigenvalue weighted by Crippen LogP contribution is -2.10. The second kappa shape index (κ2) is 14.0. The van der Waals surface area contributed by atoms with Gasteiger partial charge in [0.15, 0.2) is 6.10 Å². The van der Waals surface area contributed by atoms with Crippen molar-refractivity contribution in [1.82, 2.24) is 0 Å². The third-order valence-corrected chi connectivity index (χ3v) is 2.80. The maximum absolute atomic E-state index is 10.8. The van der Waals surface area contributed by atoms with Crippen molar-refractivity contribution in [1.29, 1.82) is 0 Å². The Labute approximate surface area is 134 Å². The first-order valence-corrected chi connectivity index (χ1v) is 7.75. The molecule has 3 heteroatoms. The summed E-state index contributed by atoms with van der Waals surface area (Å²) in [6.07, 6.45) is 10.7. The molecule has 0 aromatic heterocycles. The van der Waals surface area contributed by atoms with E-state index in [9.17, 15) is 9.90 Å². The zero-order valence-electron chi connectivity index (χ0n) is 13.6. The van der Waals surface area contributed by atoms with Gasteiger partial charge in [0.2, 0.25) is 0 Å². The van der Waals surface area contributed by atoms with Crippen LogP contribution in [-0.4, -0.2) is 23.3 Å². The highest BCUT2D eigenvalue weighted by Gasteiger charge is 2.01. The number of esters is 1. The Balaban J connectivity index is 4.04. The molecule has 0 aliphatic carbocycles. The number of hydrogen-bond acceptors (Lipinski definition) is 3. The van der Waals surface area contributed by atoms with Crippen LogP contribution in [0.15, 0.2) is 24.8 Å². The van der Waals surface area contributed by atoms with E-state index in [1.54, 1.807) is 6.08 Å². The fourth-order valence-electron chi connectivity index (χ4n) is 1.67. The molecular weight excluding hydrogens is 276 g/mol. The van der Waals surface area contributed by atoms with Crippen molar-refractivity contribution in [2.75, 3.05) is 0 Å². The van der Waals surface area contributed by atoms with Crippen LogP contribution in [0, 0.1) is 23.7 Å². The quantitative estimate of drug-likeness (QED) is 0.307. The smallest absolute Gasteiger partial charge is 0.304 e. The number of rotatable bonds is 9. The zero-order valence-corrected chi connectivity index (χ0v) is 13.6. The minimum atomic E-state index is -0.819. The zero-order chi connectivity index (χ0) is 16.6. The van der Waals surface area contributed by atoms with Gasteiger partial charge in [-0.05, 0) is 42.8 Å². The molecule has 1 N–H and O–H groups in total. The number of carbonyl (C=O) groups is 1. The molecule has 0 heterocycles. The van der Waals surface area contributed by atoms with E-state index in [-0.39, 0.29) is 0 Å². The molecule has 120 valence electrons. The summed E-state index contributed by atoms with van der Waals surface area (Å²) < 4.78 is 4.85. The van der Waals surface area contributed by atoms with E-state index < -0.39 is 18.2 Å². The molecular formula is C19H26O3. The van der Waals surface area contributed by atoms with Gasteiger partial charge in [0, 0.05) is 6.92 Å². The van der Waals surface area contributed by atoms with E-state index in [2.05, 4.69) is 37.2 Å². The molecule has 0 aromatic rings. The lowest BCUT2D eigenvalue weighted by Gasteiger charge is -2.03. The van der Waals surface area contributed by atoms with Gasteiger partial charge >= 0.3 is 5.97 Å². The molecule has 3 nitrogen and oxygen atoms in total. The summed E-state index contributed by atoms with van der Waals surface area (Å²) in [4.78, 5) is 10.8. The van der Waals surface area contributed by atoms with Crippen molar-refractivity contribution in [2.45, 2.75) is 64.6 Å². The van der Waals surface area contributed by atoms with Crippen molar-refractivity contribution in [3.8, 4) is 23.7 Å². The normalized spacial score (nSPS) is 12.5. The Morgan fingerprint density at radius 1 is 1.23 bits per heavy atom. The molecule has 0 aromatic carbocycles. The van der Waals surface area contributed by atoms with Gasteiger partial charge in [-0.15, -0.1) is 0 Å². The van der Waals surface area contributed by atoms with Gasteiger partial charge < -0.3 is 9.84 Å². The van der Waals surface area contributed by atoms with Gasteiger partial charge in [0.05, 0.1) is 0 Å². The Kier molecular flexibility index (Phi) is 12.7. The summed E-state index contributed by atoms with van der Waals surface area (Å²) in [6.45, 7) is 7.02. The first kappa shape index (κ1) is 20.0. The molecule has 0 spiro atoms. The monoisotopic (exact) mass is 302 g/mol. The number of carbonyl (C=O) groups excluding carboxylic acids is 1. The van der Waals surface area contributed by atoms with Gasteiger partial charge in [-0.2, -0.15) is 0 Å². The van der Waals surface area contributed by atoms with Crippen LogP contribution in [-0.2, 0) is 9.53 Å². The molecule has 0 fully saturated rings. The van der Waals surface area contributed by atoms with Crippen molar-refractivity contribution in [3.63, 3.8) is 0 Å². The summed E-state index contributed by atoms with van der Waals surface area (Å²) >= 11 is 0. The molecule has 0 amide bonds. The molecule has 0 aliphatic rings. The third-order valence-electron chi connectivity index (χ3n) is 2.80. The van der Waals surface area contributed by atoms with Crippen LogP contribution in [0.2, 0.25) is 0 Å². The molecule has 22 heavy (non-hydrogen) atoms. The van der Waals surface area contributed by atoms with Gasteiger partial charge in [-0.1, -0.05) is 51.2 Å². The van der Waals surface area contributed by atoms with Crippen molar-refractivity contribution >= 4 is 5.97 Å². The highest BCUT2D eigenvalue weighted by molar-refractivity contribution is 5.66. The number of unbranched alkanes of at least 4 members (excludes halogenated alkanes) is 5. The first-order chi connectivity index (χ1) is 10.6. The Morgan fingerprint density at radius 3 is 2.55 bits per heavy atom. The van der Waals surface area contributed by atoms with Crippen LogP contribution in [0.25, 0.3) is 0 Å². The van der Waals surface area contributed by atoms with E-state index in [1.165, 1.54) is 38.7 Å². The van der Waals surface area contributed by atoms with Crippen molar-refractivity contribution < 1.29 is 14.6 Å². The fourth-order valence-corrected chi connectivity index (χ4v) is 1.67. The second-order valence-corrected chi connectivity index (χ2v) is 4.88. The van der Waals surface area contributed by atoms with Crippen LogP contribution in [0.5, 0.6) is 0 Å². The lowest BCUT2D eigenvalue weighted by molar-refractivity contribution is -0.142. The molecule has 0 unspecified atom stereocenters. The summed E-state index contributed by atoms with van der Waals surface area (Å²) in [5.74, 6) is 9.89. The van der Waals surface area contributed by atoms with Crippen LogP contribution < -0.4 is 0 Å². The van der Waals surface area contributed by atoms with E-state index in [0.29, 0.717) is 0 Å². The van der Waals surface area contributed by atoms with E-state index in [0.717, 1.165) is 12.8 Å². The molecule has 0 aliphatic heterocycles. The largest absolute Gasteiger partial charge is 0.445 e. The summed E-state index contributed by atoms with van der Waals surface area (Å²) in [5, 5.41) is 9.62. The molecule has 0 bridgehead atoms. The number of aliphatic hydroxyl groups is 1. The van der Waals surface area contributed by atoms with E-state index in [1.807, 2.05) is 6.08 Å². The number of aliphatic hydroxyl groups excluding tert-OH is 1. The Morgan fingerprint density at radius 2 is 1.91 bits per heavy atom. The van der Waals surface area contributed by atoms with Crippen LogP contribution in [0.3, 0.4) is 0 Å². The van der Waals surface area contributed by atoms with Gasteiger partial charge in [-0.25, -0.2) is 0 Å². The Hall–Kier alpha value is -1.97. The van der Waals surface area contributed by atoms with Gasteiger partial charge in [0.1, 0.15) is 6.10 Å². The SMILES string of the molecule is C=C[C@@H](C#CC#C[C@H](O)/C=C\CCCCCCC)OC(C)=O. The topological polar surface area (TPSA) is 46.5 Å².